The van der Waals surface area contributed by atoms with Gasteiger partial charge in [0.25, 0.3) is 0 Å². The Morgan fingerprint density at radius 1 is 1.50 bits per heavy atom. The molecule has 0 heterocycles. The third-order valence-electron chi connectivity index (χ3n) is 1.61. The highest BCUT2D eigenvalue weighted by Gasteiger charge is 1.91. The maximum atomic E-state index is 3.96. The van der Waals surface area contributed by atoms with Gasteiger partial charge in [-0.15, -0.1) is 0 Å². The maximum absolute atomic E-state index is 3.96. The van der Waals surface area contributed by atoms with Gasteiger partial charge in [-0.3, -0.25) is 4.99 Å². The van der Waals surface area contributed by atoms with Crippen molar-refractivity contribution in [3.05, 3.63) is 35.4 Å². The Hall–Kier alpha value is -1.15. The third kappa shape index (κ3) is 2.47. The Balaban J connectivity index is 2.80. The largest absolute Gasteiger partial charge is 0.316 e. The van der Waals surface area contributed by atoms with Crippen molar-refractivity contribution in [2.24, 2.45) is 4.99 Å². The zero-order chi connectivity index (χ0) is 8.81. The predicted molar refractivity (Wildman–Crippen MR) is 52.7 cm³/mol. The molecule has 2 heteroatoms. The number of hydrogen-bond acceptors (Lipinski definition) is 2. The summed E-state index contributed by atoms with van der Waals surface area (Å²) in [7, 11) is 3.73. The maximum Gasteiger partial charge on any atom is 0.0281 e. The lowest BCUT2D eigenvalue weighted by atomic mass is 10.1. The van der Waals surface area contributed by atoms with Gasteiger partial charge in [0.15, 0.2) is 0 Å². The van der Waals surface area contributed by atoms with Crippen LogP contribution < -0.4 is 5.32 Å². The van der Waals surface area contributed by atoms with Gasteiger partial charge in [-0.05, 0) is 24.2 Å². The molecule has 0 amide bonds. The van der Waals surface area contributed by atoms with Gasteiger partial charge in [0.05, 0.1) is 0 Å². The lowest BCUT2D eigenvalue weighted by Crippen LogP contribution is -2.04. The molecular formula is C10H14N2. The van der Waals surface area contributed by atoms with Crippen molar-refractivity contribution in [1.82, 2.24) is 5.32 Å². The second kappa shape index (κ2) is 4.67. The van der Waals surface area contributed by atoms with Gasteiger partial charge in [-0.2, -0.15) is 0 Å². The normalized spacial score (nSPS) is 10.8. The number of aliphatic imine (C=N–C) groups is 1. The zero-order valence-corrected chi connectivity index (χ0v) is 7.54. The summed E-state index contributed by atoms with van der Waals surface area (Å²) in [6.45, 7) is 0.908. The molecule has 1 N–H and O–H groups in total. The Bertz CT molecular complexity index is 266. The standard InChI is InChI=1S/C10H14N2/c1-11-7-9-4-3-5-10(6-9)8-12-2/h3-7,12H,8H2,1-2H3. The second-order valence-electron chi connectivity index (χ2n) is 2.66. The molecule has 1 aromatic carbocycles. The van der Waals surface area contributed by atoms with Gasteiger partial charge in [0, 0.05) is 19.8 Å². The fourth-order valence-corrected chi connectivity index (χ4v) is 1.14. The zero-order valence-electron chi connectivity index (χ0n) is 7.54. The summed E-state index contributed by atoms with van der Waals surface area (Å²) < 4.78 is 0. The summed E-state index contributed by atoms with van der Waals surface area (Å²) in [4.78, 5) is 3.96. The first kappa shape index (κ1) is 8.94. The van der Waals surface area contributed by atoms with Crippen LogP contribution in [-0.2, 0) is 6.54 Å². The van der Waals surface area contributed by atoms with Gasteiger partial charge in [-0.1, -0.05) is 18.2 Å². The molecule has 0 saturated carbocycles. The summed E-state index contributed by atoms with van der Waals surface area (Å²) in [5.41, 5.74) is 2.44. The Morgan fingerprint density at radius 3 is 3.00 bits per heavy atom. The van der Waals surface area contributed by atoms with Gasteiger partial charge in [0.1, 0.15) is 0 Å². The quantitative estimate of drug-likeness (QED) is 0.668. The van der Waals surface area contributed by atoms with Crippen molar-refractivity contribution in [2.45, 2.75) is 6.54 Å². The van der Waals surface area contributed by atoms with E-state index in [1.54, 1.807) is 7.05 Å². The first-order chi connectivity index (χ1) is 5.86. The van der Waals surface area contributed by atoms with Gasteiger partial charge in [-0.25, -0.2) is 0 Å². The van der Waals surface area contributed by atoms with Crippen LogP contribution in [0.15, 0.2) is 29.3 Å². The number of rotatable bonds is 3. The summed E-state index contributed by atoms with van der Waals surface area (Å²) in [6.07, 6.45) is 1.86. The van der Waals surface area contributed by atoms with E-state index in [0.717, 1.165) is 12.1 Å². The molecule has 0 aliphatic heterocycles. The minimum atomic E-state index is 0.908. The summed E-state index contributed by atoms with van der Waals surface area (Å²) in [5, 5.41) is 3.11. The Labute approximate surface area is 73.3 Å². The fraction of sp³-hybridized carbons (Fsp3) is 0.300. The first-order valence-corrected chi connectivity index (χ1v) is 4.02. The molecule has 0 saturated heterocycles. The summed E-state index contributed by atoms with van der Waals surface area (Å²) in [5.74, 6) is 0. The molecule has 0 aliphatic carbocycles. The van der Waals surface area contributed by atoms with E-state index >= 15 is 0 Å². The molecule has 64 valence electrons. The van der Waals surface area contributed by atoms with E-state index in [-0.39, 0.29) is 0 Å². The fourth-order valence-electron chi connectivity index (χ4n) is 1.14. The lowest BCUT2D eigenvalue weighted by molar-refractivity contribution is 0.818. The van der Waals surface area contributed by atoms with Crippen LogP contribution in [0.25, 0.3) is 0 Å². The Morgan fingerprint density at radius 2 is 2.33 bits per heavy atom. The van der Waals surface area contributed by atoms with Crippen LogP contribution in [0.3, 0.4) is 0 Å². The predicted octanol–water partition coefficient (Wildman–Crippen LogP) is 1.45. The van der Waals surface area contributed by atoms with Crippen LogP contribution >= 0.6 is 0 Å². The van der Waals surface area contributed by atoms with E-state index in [1.165, 1.54) is 5.56 Å². The van der Waals surface area contributed by atoms with Gasteiger partial charge in [0.2, 0.25) is 0 Å². The highest BCUT2D eigenvalue weighted by Crippen LogP contribution is 2.02. The third-order valence-corrected chi connectivity index (χ3v) is 1.61. The minimum absolute atomic E-state index is 0.908. The van der Waals surface area contributed by atoms with E-state index in [1.807, 2.05) is 25.4 Å². The van der Waals surface area contributed by atoms with E-state index in [2.05, 4.69) is 22.4 Å². The second-order valence-corrected chi connectivity index (χ2v) is 2.66. The molecule has 1 rings (SSSR count). The Kier molecular flexibility index (Phi) is 3.48. The van der Waals surface area contributed by atoms with E-state index in [9.17, 15) is 0 Å². The van der Waals surface area contributed by atoms with Crippen molar-refractivity contribution in [3.8, 4) is 0 Å². The molecule has 0 atom stereocenters. The van der Waals surface area contributed by atoms with Crippen LogP contribution in [0.5, 0.6) is 0 Å². The monoisotopic (exact) mass is 162 g/mol. The topological polar surface area (TPSA) is 24.4 Å². The van der Waals surface area contributed by atoms with E-state index < -0.39 is 0 Å². The van der Waals surface area contributed by atoms with E-state index in [4.69, 9.17) is 0 Å². The van der Waals surface area contributed by atoms with Crippen molar-refractivity contribution < 1.29 is 0 Å². The van der Waals surface area contributed by atoms with Gasteiger partial charge >= 0.3 is 0 Å². The molecule has 0 fully saturated rings. The van der Waals surface area contributed by atoms with Crippen molar-refractivity contribution in [2.75, 3.05) is 14.1 Å². The van der Waals surface area contributed by atoms with E-state index in [0.29, 0.717) is 0 Å². The van der Waals surface area contributed by atoms with Crippen LogP contribution in [0, 0.1) is 0 Å². The van der Waals surface area contributed by atoms with Crippen LogP contribution in [0.2, 0.25) is 0 Å². The molecular weight excluding hydrogens is 148 g/mol. The SMILES string of the molecule is CN=Cc1cccc(CNC)c1. The van der Waals surface area contributed by atoms with Crippen molar-refractivity contribution >= 4 is 6.21 Å². The molecule has 1 aromatic rings. The molecule has 0 unspecified atom stereocenters. The summed E-state index contributed by atoms with van der Waals surface area (Å²) in [6, 6.07) is 8.32. The number of nitrogens with one attached hydrogen (secondary N) is 1. The number of benzene rings is 1. The lowest BCUT2D eigenvalue weighted by Gasteiger charge is -2.00. The average molecular weight is 162 g/mol. The smallest absolute Gasteiger partial charge is 0.0281 e. The molecule has 0 aromatic heterocycles. The van der Waals surface area contributed by atoms with Crippen molar-refractivity contribution in [3.63, 3.8) is 0 Å². The molecule has 12 heavy (non-hydrogen) atoms. The van der Waals surface area contributed by atoms with Crippen LogP contribution in [0.1, 0.15) is 11.1 Å². The highest BCUT2D eigenvalue weighted by atomic mass is 14.8. The average Bonchev–Trinajstić information content (AvgIpc) is 2.06. The van der Waals surface area contributed by atoms with Crippen molar-refractivity contribution in [1.29, 1.82) is 0 Å². The van der Waals surface area contributed by atoms with Gasteiger partial charge < -0.3 is 5.32 Å². The number of nitrogens with zero attached hydrogens (tertiary/aromatic N) is 1. The highest BCUT2D eigenvalue weighted by molar-refractivity contribution is 5.79. The van der Waals surface area contributed by atoms with Crippen LogP contribution in [0.4, 0.5) is 0 Å². The summed E-state index contributed by atoms with van der Waals surface area (Å²) >= 11 is 0. The molecule has 0 bridgehead atoms. The minimum Gasteiger partial charge on any atom is -0.316 e. The number of hydrogen-bond donors (Lipinski definition) is 1. The molecule has 2 nitrogen and oxygen atoms in total. The van der Waals surface area contributed by atoms with Crippen LogP contribution in [-0.4, -0.2) is 20.3 Å². The molecule has 0 aliphatic rings. The molecule has 0 spiro atoms. The first-order valence-electron chi connectivity index (χ1n) is 4.02. The molecule has 0 radical (unpaired) electrons.